The van der Waals surface area contributed by atoms with E-state index in [1.807, 2.05) is 24.3 Å². The van der Waals surface area contributed by atoms with E-state index in [9.17, 15) is 0 Å². The second-order valence-corrected chi connectivity index (χ2v) is 9.22. The molecule has 2 aromatic carbocycles. The number of aromatic nitrogens is 4. The highest BCUT2D eigenvalue weighted by molar-refractivity contribution is 7.17. The molecule has 0 unspecified atom stereocenters. The molecule has 1 fully saturated rings. The third kappa shape index (κ3) is 3.65. The molecule has 166 valence electrons. The number of nitrogens with zero attached hydrogens (tertiary/aromatic N) is 6. The SMILES string of the molecule is CN1CCN(c2ccc(Nc3nc(-c4csc5ccccc45)n4nccc4n3)cc2N)CC1. The zero-order chi connectivity index (χ0) is 22.4. The number of rotatable bonds is 4. The maximum atomic E-state index is 6.44. The van der Waals surface area contributed by atoms with Crippen molar-refractivity contribution in [3.05, 3.63) is 60.1 Å². The molecule has 0 radical (unpaired) electrons. The molecule has 0 aliphatic carbocycles. The number of likely N-dealkylation sites (N-methyl/N-ethyl adjacent to an activating group) is 1. The van der Waals surface area contributed by atoms with Crippen LogP contribution in [0.4, 0.5) is 23.0 Å². The largest absolute Gasteiger partial charge is 0.397 e. The summed E-state index contributed by atoms with van der Waals surface area (Å²) in [5, 5.41) is 11.1. The van der Waals surface area contributed by atoms with Gasteiger partial charge >= 0.3 is 0 Å². The smallest absolute Gasteiger partial charge is 0.231 e. The van der Waals surface area contributed by atoms with Crippen LogP contribution in [0, 0.1) is 0 Å². The molecular weight excluding hydrogens is 432 g/mol. The summed E-state index contributed by atoms with van der Waals surface area (Å²) in [7, 11) is 2.15. The van der Waals surface area contributed by atoms with Crippen LogP contribution in [-0.2, 0) is 0 Å². The van der Waals surface area contributed by atoms with E-state index in [0.29, 0.717) is 5.95 Å². The summed E-state index contributed by atoms with van der Waals surface area (Å²) in [6.07, 6.45) is 1.74. The Hall–Kier alpha value is -3.69. The van der Waals surface area contributed by atoms with Crippen LogP contribution in [0.25, 0.3) is 27.1 Å². The van der Waals surface area contributed by atoms with E-state index < -0.39 is 0 Å². The fraction of sp³-hybridized carbons (Fsp3) is 0.208. The average molecular weight is 457 g/mol. The van der Waals surface area contributed by atoms with Gasteiger partial charge in [-0.2, -0.15) is 19.6 Å². The van der Waals surface area contributed by atoms with E-state index >= 15 is 0 Å². The number of benzene rings is 2. The first kappa shape index (κ1) is 20.0. The van der Waals surface area contributed by atoms with Gasteiger partial charge in [-0.15, -0.1) is 11.3 Å². The number of piperazine rings is 1. The summed E-state index contributed by atoms with van der Waals surface area (Å²) in [5.41, 5.74) is 10.9. The molecule has 0 atom stereocenters. The average Bonchev–Trinajstić information content (AvgIpc) is 3.47. The van der Waals surface area contributed by atoms with Gasteiger partial charge in [0, 0.05) is 59.0 Å². The summed E-state index contributed by atoms with van der Waals surface area (Å²) >= 11 is 1.70. The van der Waals surface area contributed by atoms with E-state index in [-0.39, 0.29) is 0 Å². The van der Waals surface area contributed by atoms with Crippen molar-refractivity contribution in [3.63, 3.8) is 0 Å². The molecule has 1 aliphatic rings. The van der Waals surface area contributed by atoms with Crippen LogP contribution in [0.2, 0.25) is 0 Å². The summed E-state index contributed by atoms with van der Waals surface area (Å²) in [4.78, 5) is 14.2. The molecule has 0 saturated carbocycles. The number of nitrogens with two attached hydrogens (primary N) is 1. The van der Waals surface area contributed by atoms with Crippen molar-refractivity contribution >= 4 is 50.1 Å². The van der Waals surface area contributed by atoms with Crippen molar-refractivity contribution in [2.75, 3.05) is 49.2 Å². The van der Waals surface area contributed by atoms with Gasteiger partial charge in [0.1, 0.15) is 0 Å². The monoisotopic (exact) mass is 456 g/mol. The van der Waals surface area contributed by atoms with Gasteiger partial charge in [0.15, 0.2) is 11.5 Å². The number of nitrogen functional groups attached to an aromatic ring is 1. The minimum absolute atomic E-state index is 0.514. The fourth-order valence-corrected chi connectivity index (χ4v) is 5.24. The Kier molecular flexibility index (Phi) is 4.85. The van der Waals surface area contributed by atoms with Gasteiger partial charge in [-0.3, -0.25) is 0 Å². The Balaban J connectivity index is 1.34. The zero-order valence-corrected chi connectivity index (χ0v) is 19.1. The number of anilines is 4. The molecule has 3 N–H and O–H groups in total. The van der Waals surface area contributed by atoms with Gasteiger partial charge in [-0.25, -0.2) is 0 Å². The minimum Gasteiger partial charge on any atom is -0.397 e. The van der Waals surface area contributed by atoms with Crippen LogP contribution in [0.5, 0.6) is 0 Å². The third-order valence-corrected chi connectivity index (χ3v) is 7.07. The molecule has 0 amide bonds. The van der Waals surface area contributed by atoms with Crippen molar-refractivity contribution in [2.24, 2.45) is 0 Å². The van der Waals surface area contributed by atoms with Crippen LogP contribution >= 0.6 is 11.3 Å². The van der Waals surface area contributed by atoms with Crippen LogP contribution in [0.3, 0.4) is 0 Å². The minimum atomic E-state index is 0.514. The van der Waals surface area contributed by atoms with Crippen molar-refractivity contribution in [1.82, 2.24) is 24.5 Å². The number of fused-ring (bicyclic) bond motifs is 2. The molecule has 1 saturated heterocycles. The highest BCUT2D eigenvalue weighted by Gasteiger charge is 2.18. The van der Waals surface area contributed by atoms with Gasteiger partial charge in [-0.1, -0.05) is 18.2 Å². The molecule has 1 aliphatic heterocycles. The lowest BCUT2D eigenvalue weighted by Gasteiger charge is -2.34. The lowest BCUT2D eigenvalue weighted by atomic mass is 10.1. The van der Waals surface area contributed by atoms with Gasteiger partial charge in [0.2, 0.25) is 5.95 Å². The number of hydrogen-bond acceptors (Lipinski definition) is 8. The van der Waals surface area contributed by atoms with Crippen molar-refractivity contribution in [1.29, 1.82) is 0 Å². The Bertz CT molecular complexity index is 1450. The topological polar surface area (TPSA) is 87.6 Å². The molecule has 4 heterocycles. The highest BCUT2D eigenvalue weighted by Crippen LogP contribution is 2.34. The first-order valence-electron chi connectivity index (χ1n) is 10.9. The van der Waals surface area contributed by atoms with Gasteiger partial charge < -0.3 is 20.9 Å². The quantitative estimate of drug-likeness (QED) is 0.394. The normalized spacial score (nSPS) is 14.9. The van der Waals surface area contributed by atoms with E-state index in [2.05, 4.69) is 61.9 Å². The van der Waals surface area contributed by atoms with E-state index in [0.717, 1.165) is 65.7 Å². The molecule has 5 aromatic rings. The fourth-order valence-electron chi connectivity index (χ4n) is 4.30. The van der Waals surface area contributed by atoms with Gasteiger partial charge in [-0.05, 0) is 31.3 Å². The van der Waals surface area contributed by atoms with E-state index in [1.165, 1.54) is 4.70 Å². The molecule has 0 spiro atoms. The molecule has 9 heteroatoms. The summed E-state index contributed by atoms with van der Waals surface area (Å²) in [6.45, 7) is 4.04. The summed E-state index contributed by atoms with van der Waals surface area (Å²) in [5.74, 6) is 1.27. The second-order valence-electron chi connectivity index (χ2n) is 8.31. The molecule has 0 bridgehead atoms. The summed E-state index contributed by atoms with van der Waals surface area (Å²) < 4.78 is 3.00. The Morgan fingerprint density at radius 1 is 1.00 bits per heavy atom. The van der Waals surface area contributed by atoms with Crippen molar-refractivity contribution in [2.45, 2.75) is 0 Å². The molecule has 8 nitrogen and oxygen atoms in total. The Morgan fingerprint density at radius 2 is 1.85 bits per heavy atom. The first-order chi connectivity index (χ1) is 16.2. The molecule has 6 rings (SSSR count). The van der Waals surface area contributed by atoms with E-state index in [4.69, 9.17) is 10.7 Å². The highest BCUT2D eigenvalue weighted by atomic mass is 32.1. The van der Waals surface area contributed by atoms with Crippen LogP contribution in [0.15, 0.2) is 60.1 Å². The van der Waals surface area contributed by atoms with Crippen LogP contribution in [-0.4, -0.2) is 57.7 Å². The van der Waals surface area contributed by atoms with E-state index in [1.54, 1.807) is 22.0 Å². The molecule has 3 aromatic heterocycles. The van der Waals surface area contributed by atoms with Crippen LogP contribution in [0.1, 0.15) is 0 Å². The molecule has 33 heavy (non-hydrogen) atoms. The predicted molar refractivity (Wildman–Crippen MR) is 135 cm³/mol. The van der Waals surface area contributed by atoms with Gasteiger partial charge in [0.05, 0.1) is 17.6 Å². The lowest BCUT2D eigenvalue weighted by molar-refractivity contribution is 0.313. The van der Waals surface area contributed by atoms with Crippen molar-refractivity contribution < 1.29 is 0 Å². The first-order valence-corrected chi connectivity index (χ1v) is 11.8. The van der Waals surface area contributed by atoms with Crippen LogP contribution < -0.4 is 16.0 Å². The predicted octanol–water partition coefficient (Wildman–Crippen LogP) is 4.08. The molecular formula is C24H24N8S. The maximum absolute atomic E-state index is 6.44. The van der Waals surface area contributed by atoms with Gasteiger partial charge in [0.25, 0.3) is 0 Å². The van der Waals surface area contributed by atoms with Crippen molar-refractivity contribution in [3.8, 4) is 11.4 Å². The summed E-state index contributed by atoms with van der Waals surface area (Å²) in [6, 6.07) is 16.3. The Labute approximate surface area is 195 Å². The number of hydrogen-bond donors (Lipinski definition) is 2. The second kappa shape index (κ2) is 8.02. The number of thiophene rings is 1. The third-order valence-electron chi connectivity index (χ3n) is 6.11. The zero-order valence-electron chi connectivity index (χ0n) is 18.3. The maximum Gasteiger partial charge on any atom is 0.231 e. The standard InChI is InChI=1S/C24H24N8S/c1-30-10-12-31(13-11-30)20-7-6-16(14-19(20)25)27-24-28-22-8-9-26-32(22)23(29-24)18-15-33-21-5-3-2-4-17(18)21/h2-9,14-15H,10-13,25H2,1H3,(H,27,28). The number of nitrogens with one attached hydrogen (secondary N) is 1. The lowest BCUT2D eigenvalue weighted by Crippen LogP contribution is -2.44. The Morgan fingerprint density at radius 3 is 2.70 bits per heavy atom.